The van der Waals surface area contributed by atoms with E-state index in [1.807, 2.05) is 30.0 Å². The van der Waals surface area contributed by atoms with Crippen molar-refractivity contribution in [3.63, 3.8) is 0 Å². The van der Waals surface area contributed by atoms with Gasteiger partial charge in [-0.1, -0.05) is 24.4 Å². The van der Waals surface area contributed by atoms with Crippen LogP contribution in [0.2, 0.25) is 5.02 Å². The molecule has 0 radical (unpaired) electrons. The first-order chi connectivity index (χ1) is 7.79. The van der Waals surface area contributed by atoms with Crippen molar-refractivity contribution >= 4 is 23.4 Å². The lowest BCUT2D eigenvalue weighted by atomic mass is 10.1. The van der Waals surface area contributed by atoms with Crippen molar-refractivity contribution in [1.82, 2.24) is 0 Å². The van der Waals surface area contributed by atoms with Crippen molar-refractivity contribution in [3.8, 4) is 0 Å². The van der Waals surface area contributed by atoms with E-state index in [1.54, 1.807) is 0 Å². The quantitative estimate of drug-likeness (QED) is 0.818. The van der Waals surface area contributed by atoms with Gasteiger partial charge in [0.15, 0.2) is 0 Å². The van der Waals surface area contributed by atoms with Gasteiger partial charge in [-0.15, -0.1) is 11.8 Å². The van der Waals surface area contributed by atoms with Crippen LogP contribution >= 0.6 is 23.4 Å². The summed E-state index contributed by atoms with van der Waals surface area (Å²) >= 11 is 7.76. The molecule has 88 valence electrons. The van der Waals surface area contributed by atoms with E-state index in [0.29, 0.717) is 5.02 Å². The highest BCUT2D eigenvalue weighted by molar-refractivity contribution is 7.99. The van der Waals surface area contributed by atoms with Crippen LogP contribution < -0.4 is 0 Å². The average Bonchev–Trinajstić information content (AvgIpc) is 2.80. The van der Waals surface area contributed by atoms with Gasteiger partial charge in [0.25, 0.3) is 0 Å². The second-order valence-corrected chi connectivity index (χ2v) is 5.87. The minimum Gasteiger partial charge on any atom is -0.392 e. The molecule has 2 rings (SSSR count). The maximum Gasteiger partial charge on any atom is 0.0693 e. The third-order valence-electron chi connectivity index (χ3n) is 3.14. The van der Waals surface area contributed by atoms with Gasteiger partial charge < -0.3 is 5.11 Å². The Hall–Kier alpha value is -0.180. The number of thioether (sulfide) groups is 1. The van der Waals surface area contributed by atoms with E-state index in [9.17, 15) is 5.11 Å². The van der Waals surface area contributed by atoms with Crippen molar-refractivity contribution in [2.45, 2.75) is 37.2 Å². The summed E-state index contributed by atoms with van der Waals surface area (Å²) in [6.07, 6.45) is 5.52. The zero-order valence-electron chi connectivity index (χ0n) is 9.29. The van der Waals surface area contributed by atoms with E-state index in [4.69, 9.17) is 11.6 Å². The highest BCUT2D eigenvalue weighted by Gasteiger charge is 2.15. The second kappa shape index (κ2) is 5.95. The van der Waals surface area contributed by atoms with Crippen LogP contribution in [0.4, 0.5) is 0 Å². The molecule has 16 heavy (non-hydrogen) atoms. The monoisotopic (exact) mass is 256 g/mol. The van der Waals surface area contributed by atoms with Gasteiger partial charge in [0.05, 0.1) is 6.61 Å². The first-order valence-electron chi connectivity index (χ1n) is 5.81. The summed E-state index contributed by atoms with van der Waals surface area (Å²) in [4.78, 5) is 1.18. The Morgan fingerprint density at radius 2 is 2.06 bits per heavy atom. The first kappa shape index (κ1) is 12.3. The fourth-order valence-electron chi connectivity index (χ4n) is 2.20. The molecule has 0 heterocycles. The third kappa shape index (κ3) is 3.16. The van der Waals surface area contributed by atoms with E-state index >= 15 is 0 Å². The molecule has 1 nitrogen and oxygen atoms in total. The highest BCUT2D eigenvalue weighted by Crippen LogP contribution is 2.33. The Morgan fingerprint density at radius 1 is 1.31 bits per heavy atom. The SMILES string of the molecule is OCc1cc(Cl)ccc1SCC1CCCC1. The molecule has 1 aliphatic rings. The standard InChI is InChI=1S/C13H17ClOS/c14-12-5-6-13(11(7-12)8-15)16-9-10-3-1-2-4-10/h5-7,10,15H,1-4,8-9H2. The van der Waals surface area contributed by atoms with Crippen LogP contribution in [0, 0.1) is 5.92 Å². The largest absolute Gasteiger partial charge is 0.392 e. The number of aliphatic hydroxyl groups is 1. The van der Waals surface area contributed by atoms with Crippen LogP contribution in [0.25, 0.3) is 0 Å². The van der Waals surface area contributed by atoms with Gasteiger partial charge in [0.1, 0.15) is 0 Å². The Morgan fingerprint density at radius 3 is 2.75 bits per heavy atom. The van der Waals surface area contributed by atoms with E-state index in [2.05, 4.69) is 0 Å². The number of benzene rings is 1. The highest BCUT2D eigenvalue weighted by atomic mass is 35.5. The maximum atomic E-state index is 9.26. The Balaban J connectivity index is 1.97. The van der Waals surface area contributed by atoms with Crippen molar-refractivity contribution in [2.75, 3.05) is 5.75 Å². The van der Waals surface area contributed by atoms with Crippen molar-refractivity contribution < 1.29 is 5.11 Å². The fraction of sp³-hybridized carbons (Fsp3) is 0.538. The summed E-state index contributed by atoms with van der Waals surface area (Å²) in [5.41, 5.74) is 0.954. The molecular formula is C13H17ClOS. The molecule has 0 saturated heterocycles. The minimum atomic E-state index is 0.0769. The summed E-state index contributed by atoms with van der Waals surface area (Å²) in [6.45, 7) is 0.0769. The predicted molar refractivity (Wildman–Crippen MR) is 70.1 cm³/mol. The summed E-state index contributed by atoms with van der Waals surface area (Å²) in [5.74, 6) is 2.04. The summed E-state index contributed by atoms with van der Waals surface area (Å²) < 4.78 is 0. The fourth-order valence-corrected chi connectivity index (χ4v) is 3.61. The maximum absolute atomic E-state index is 9.26. The van der Waals surface area contributed by atoms with Crippen LogP contribution in [-0.2, 0) is 6.61 Å². The third-order valence-corrected chi connectivity index (χ3v) is 4.72. The van der Waals surface area contributed by atoms with Gasteiger partial charge in [0, 0.05) is 15.7 Å². The van der Waals surface area contributed by atoms with Gasteiger partial charge in [0.2, 0.25) is 0 Å². The lowest BCUT2D eigenvalue weighted by Gasteiger charge is -2.11. The molecule has 0 spiro atoms. The van der Waals surface area contributed by atoms with Crippen LogP contribution in [-0.4, -0.2) is 10.9 Å². The number of aliphatic hydroxyl groups excluding tert-OH is 1. The number of hydrogen-bond acceptors (Lipinski definition) is 2. The molecule has 1 aromatic rings. The Bertz CT molecular complexity index is 348. The van der Waals surface area contributed by atoms with Gasteiger partial charge >= 0.3 is 0 Å². The van der Waals surface area contributed by atoms with Crippen LogP contribution in [0.3, 0.4) is 0 Å². The second-order valence-electron chi connectivity index (χ2n) is 4.37. The Kier molecular flexibility index (Phi) is 4.56. The van der Waals surface area contributed by atoms with Crippen LogP contribution in [0.5, 0.6) is 0 Å². The lowest BCUT2D eigenvalue weighted by Crippen LogP contribution is -1.97. The van der Waals surface area contributed by atoms with E-state index in [1.165, 1.54) is 36.3 Å². The molecule has 0 unspecified atom stereocenters. The zero-order chi connectivity index (χ0) is 11.4. The lowest BCUT2D eigenvalue weighted by molar-refractivity contribution is 0.279. The van der Waals surface area contributed by atoms with Crippen molar-refractivity contribution in [1.29, 1.82) is 0 Å². The summed E-state index contributed by atoms with van der Waals surface area (Å²) in [5, 5.41) is 9.97. The van der Waals surface area contributed by atoms with Crippen LogP contribution in [0.15, 0.2) is 23.1 Å². The molecule has 1 aliphatic carbocycles. The average molecular weight is 257 g/mol. The molecule has 0 aliphatic heterocycles. The van der Waals surface area contributed by atoms with Crippen molar-refractivity contribution in [3.05, 3.63) is 28.8 Å². The van der Waals surface area contributed by atoms with E-state index in [0.717, 1.165) is 11.5 Å². The summed E-state index contributed by atoms with van der Waals surface area (Å²) in [6, 6.07) is 5.78. The summed E-state index contributed by atoms with van der Waals surface area (Å²) in [7, 11) is 0. The van der Waals surface area contributed by atoms with E-state index in [-0.39, 0.29) is 6.61 Å². The molecule has 1 saturated carbocycles. The first-order valence-corrected chi connectivity index (χ1v) is 7.18. The van der Waals surface area contributed by atoms with Gasteiger partial charge in [-0.3, -0.25) is 0 Å². The molecular weight excluding hydrogens is 240 g/mol. The number of hydrogen-bond donors (Lipinski definition) is 1. The normalized spacial score (nSPS) is 16.9. The van der Waals surface area contributed by atoms with Gasteiger partial charge in [-0.2, -0.15) is 0 Å². The Labute approximate surface area is 106 Å². The molecule has 0 atom stereocenters. The predicted octanol–water partition coefficient (Wildman–Crippen LogP) is 4.11. The van der Waals surface area contributed by atoms with Crippen molar-refractivity contribution in [2.24, 2.45) is 5.92 Å². The zero-order valence-corrected chi connectivity index (χ0v) is 10.9. The molecule has 0 aromatic heterocycles. The molecule has 0 amide bonds. The van der Waals surface area contributed by atoms with Crippen LogP contribution in [0.1, 0.15) is 31.2 Å². The number of halogens is 1. The smallest absolute Gasteiger partial charge is 0.0693 e. The molecule has 1 aromatic carbocycles. The minimum absolute atomic E-state index is 0.0769. The van der Waals surface area contributed by atoms with E-state index < -0.39 is 0 Å². The molecule has 1 N–H and O–H groups in total. The van der Waals surface area contributed by atoms with Gasteiger partial charge in [-0.05, 0) is 42.5 Å². The number of rotatable bonds is 4. The molecule has 1 fully saturated rings. The molecule has 0 bridgehead atoms. The van der Waals surface area contributed by atoms with Gasteiger partial charge in [-0.25, -0.2) is 0 Å². The topological polar surface area (TPSA) is 20.2 Å². The molecule has 3 heteroatoms.